The molecule has 0 radical (unpaired) electrons. The number of nitrogens with one attached hydrogen (secondary N) is 1. The average molecular weight is 675 g/mol. The second-order valence-corrected chi connectivity index (χ2v) is 14.8. The summed E-state index contributed by atoms with van der Waals surface area (Å²) < 4.78 is 39.1. The van der Waals surface area contributed by atoms with E-state index >= 15 is 8.78 Å². The van der Waals surface area contributed by atoms with Gasteiger partial charge in [-0.1, -0.05) is 12.5 Å². The minimum Gasteiger partial charge on any atom is -0.389 e. The molecule has 3 saturated heterocycles. The lowest BCUT2D eigenvalue weighted by Crippen LogP contribution is -2.53. The van der Waals surface area contributed by atoms with Crippen LogP contribution >= 0.6 is 11.3 Å². The SMILES string of the molecule is CCC(C)=c1c(F)c(-c2ncc(F)c3sc(N)c(C#N)c23)c2c(/c1=C(/N=C(\C)N1CCC(N(C)C)CC1)N1C3CCC1CNC3)COC2. The Kier molecular flexibility index (Phi) is 8.91. The normalized spacial score (nSPS) is 22.9. The predicted molar refractivity (Wildman–Crippen MR) is 188 cm³/mol. The molecule has 7 rings (SSSR count). The Balaban J connectivity index is 1.55. The lowest BCUT2D eigenvalue weighted by Gasteiger charge is -2.39. The van der Waals surface area contributed by atoms with Gasteiger partial charge in [0, 0.05) is 65.7 Å². The van der Waals surface area contributed by atoms with E-state index in [0.717, 1.165) is 97.4 Å². The Morgan fingerprint density at radius 2 is 1.81 bits per heavy atom. The molecule has 254 valence electrons. The molecule has 3 aromatic rings. The quantitative estimate of drug-likeness (QED) is 0.306. The monoisotopic (exact) mass is 674 g/mol. The maximum atomic E-state index is 17.7. The third kappa shape index (κ3) is 5.35. The van der Waals surface area contributed by atoms with Crippen molar-refractivity contribution in [2.24, 2.45) is 4.99 Å². The topological polar surface area (TPSA) is 106 Å². The van der Waals surface area contributed by atoms with Gasteiger partial charge in [-0.15, -0.1) is 11.3 Å². The number of nitrogens with zero attached hydrogens (tertiary/aromatic N) is 6. The smallest absolute Gasteiger partial charge is 0.159 e. The number of amidine groups is 1. The number of rotatable bonds is 5. The fraction of sp³-hybridized carbons (Fsp3) is 0.528. The number of piperazine rings is 1. The first-order valence-corrected chi connectivity index (χ1v) is 17.8. The molecule has 6 heterocycles. The summed E-state index contributed by atoms with van der Waals surface area (Å²) in [7, 11) is 4.28. The molecule has 0 aliphatic carbocycles. The van der Waals surface area contributed by atoms with Crippen LogP contribution in [-0.4, -0.2) is 83.9 Å². The van der Waals surface area contributed by atoms with Gasteiger partial charge in [0.05, 0.1) is 35.4 Å². The number of nitrogens with two attached hydrogens (primary N) is 1. The number of halogens is 2. The lowest BCUT2D eigenvalue weighted by atomic mass is 9.91. The fourth-order valence-electron chi connectivity index (χ4n) is 8.15. The number of fused-ring (bicyclic) bond motifs is 4. The van der Waals surface area contributed by atoms with Gasteiger partial charge in [-0.05, 0) is 71.2 Å². The van der Waals surface area contributed by atoms with E-state index in [9.17, 15) is 5.26 Å². The number of ether oxygens (including phenoxy) is 1. The molecule has 3 fully saturated rings. The number of aliphatic imine (C=N–C) groups is 1. The maximum Gasteiger partial charge on any atom is 0.159 e. The van der Waals surface area contributed by atoms with Crippen molar-refractivity contribution in [1.29, 1.82) is 5.26 Å². The third-order valence-corrected chi connectivity index (χ3v) is 11.9. The van der Waals surface area contributed by atoms with Gasteiger partial charge in [0.25, 0.3) is 0 Å². The Morgan fingerprint density at radius 1 is 1.12 bits per heavy atom. The standard InChI is InChI=1S/C36H44F2N8OS/c1-6-19(2)28-29(36(46-22-7-8-23(46)15-41-14-22)43-20(3)45-11-9-21(10-12-45)44(4)5)25-17-47-18-26(25)30(32(28)38)33-31-24(13-39)35(40)48-34(31)27(37)16-42-33/h16,21-23,41H,6-12,14-15,17-18,40H2,1-5H3/b28-19?,36-29+,43-20+. The van der Waals surface area contributed by atoms with Crippen LogP contribution in [0.3, 0.4) is 0 Å². The van der Waals surface area contributed by atoms with E-state index in [1.807, 2.05) is 13.8 Å². The van der Waals surface area contributed by atoms with E-state index in [-0.39, 0.29) is 57.2 Å². The molecule has 9 nitrogen and oxygen atoms in total. The molecule has 1 aromatic carbocycles. The minimum absolute atomic E-state index is 0.119. The molecule has 2 unspecified atom stereocenters. The largest absolute Gasteiger partial charge is 0.389 e. The van der Waals surface area contributed by atoms with Gasteiger partial charge in [0.15, 0.2) is 5.82 Å². The van der Waals surface area contributed by atoms with Gasteiger partial charge >= 0.3 is 0 Å². The maximum absolute atomic E-state index is 17.7. The highest BCUT2D eigenvalue weighted by molar-refractivity contribution is 7.23. The highest BCUT2D eigenvalue weighted by atomic mass is 32.1. The number of pyridine rings is 1. The summed E-state index contributed by atoms with van der Waals surface area (Å²) in [5, 5.41) is 15.3. The molecule has 12 heteroatoms. The summed E-state index contributed by atoms with van der Waals surface area (Å²) in [4.78, 5) is 17.0. The summed E-state index contributed by atoms with van der Waals surface area (Å²) in [6, 6.07) is 3.16. The van der Waals surface area contributed by atoms with Crippen molar-refractivity contribution in [2.75, 3.05) is 46.0 Å². The number of thiophene rings is 1. The van der Waals surface area contributed by atoms with Crippen molar-refractivity contribution in [3.63, 3.8) is 0 Å². The van der Waals surface area contributed by atoms with Crippen molar-refractivity contribution in [2.45, 2.75) is 84.2 Å². The summed E-state index contributed by atoms with van der Waals surface area (Å²) in [5.74, 6) is 0.715. The van der Waals surface area contributed by atoms with Crippen molar-refractivity contribution in [3.8, 4) is 17.3 Å². The zero-order valence-electron chi connectivity index (χ0n) is 28.4. The molecule has 0 saturated carbocycles. The summed E-state index contributed by atoms with van der Waals surface area (Å²) >= 11 is 0.989. The molecule has 4 aliphatic rings. The highest BCUT2D eigenvalue weighted by Crippen LogP contribution is 2.42. The van der Waals surface area contributed by atoms with Crippen LogP contribution in [0.15, 0.2) is 11.2 Å². The van der Waals surface area contributed by atoms with Crippen LogP contribution in [0.25, 0.3) is 32.7 Å². The van der Waals surface area contributed by atoms with Crippen LogP contribution in [0.2, 0.25) is 0 Å². The molecule has 0 amide bonds. The first-order chi connectivity index (χ1) is 23.1. The van der Waals surface area contributed by atoms with Crippen LogP contribution < -0.4 is 21.5 Å². The lowest BCUT2D eigenvalue weighted by molar-refractivity contribution is 0.134. The number of likely N-dealkylation sites (tertiary alicyclic amines) is 1. The molecule has 2 aromatic heterocycles. The summed E-state index contributed by atoms with van der Waals surface area (Å²) in [6.07, 6.45) is 5.93. The van der Waals surface area contributed by atoms with E-state index in [4.69, 9.17) is 15.5 Å². The second-order valence-electron chi connectivity index (χ2n) is 13.7. The van der Waals surface area contributed by atoms with E-state index in [0.29, 0.717) is 23.2 Å². The molecule has 4 aliphatic heterocycles. The van der Waals surface area contributed by atoms with Crippen molar-refractivity contribution >= 4 is 43.7 Å². The minimum atomic E-state index is -0.586. The first kappa shape index (κ1) is 32.9. The van der Waals surface area contributed by atoms with E-state index in [2.05, 4.69) is 52.1 Å². The summed E-state index contributed by atoms with van der Waals surface area (Å²) in [5.41, 5.74) is 9.20. The molecule has 48 heavy (non-hydrogen) atoms. The molecule has 2 bridgehead atoms. The number of nitriles is 1. The Hall–Kier alpha value is -3.63. The number of hydrogen-bond acceptors (Lipinski definition) is 9. The highest BCUT2D eigenvalue weighted by Gasteiger charge is 2.40. The molecule has 3 N–H and O–H groups in total. The van der Waals surface area contributed by atoms with Crippen LogP contribution in [0, 0.1) is 23.0 Å². The first-order valence-electron chi connectivity index (χ1n) is 17.0. The van der Waals surface area contributed by atoms with Crippen LogP contribution in [0.4, 0.5) is 13.8 Å². The van der Waals surface area contributed by atoms with E-state index in [1.165, 1.54) is 0 Å². The van der Waals surface area contributed by atoms with Crippen LogP contribution in [0.1, 0.15) is 69.6 Å². The average Bonchev–Trinajstić information content (AvgIpc) is 3.76. The van der Waals surface area contributed by atoms with Gasteiger partial charge in [0.2, 0.25) is 0 Å². The molecule has 2 atom stereocenters. The van der Waals surface area contributed by atoms with Crippen molar-refractivity contribution in [3.05, 3.63) is 45.0 Å². The van der Waals surface area contributed by atoms with Crippen LogP contribution in [0.5, 0.6) is 0 Å². The number of piperidine rings is 1. The van der Waals surface area contributed by atoms with Crippen LogP contribution in [-0.2, 0) is 18.0 Å². The molecular weight excluding hydrogens is 631 g/mol. The number of benzene rings is 1. The zero-order valence-corrected chi connectivity index (χ0v) is 29.2. The Morgan fingerprint density at radius 3 is 2.46 bits per heavy atom. The Labute approximate surface area is 284 Å². The number of nitrogen functional groups attached to an aromatic ring is 1. The van der Waals surface area contributed by atoms with Crippen molar-refractivity contribution in [1.82, 2.24) is 25.0 Å². The van der Waals surface area contributed by atoms with Gasteiger partial charge < -0.3 is 30.5 Å². The molecule has 0 spiro atoms. The Bertz CT molecular complexity index is 1960. The van der Waals surface area contributed by atoms with Gasteiger partial charge in [0.1, 0.15) is 28.5 Å². The van der Waals surface area contributed by atoms with Crippen molar-refractivity contribution < 1.29 is 13.5 Å². The van der Waals surface area contributed by atoms with Gasteiger partial charge in [-0.3, -0.25) is 4.98 Å². The second kappa shape index (κ2) is 13.0. The molecular formula is C36H44F2N8OS. The van der Waals surface area contributed by atoms with Gasteiger partial charge in [-0.2, -0.15) is 5.26 Å². The predicted octanol–water partition coefficient (Wildman–Crippen LogP) is 4.25. The third-order valence-electron chi connectivity index (χ3n) is 10.9. The zero-order chi connectivity index (χ0) is 33.9. The van der Waals surface area contributed by atoms with Gasteiger partial charge in [-0.25, -0.2) is 13.8 Å². The van der Waals surface area contributed by atoms with E-state index < -0.39 is 11.6 Å². The van der Waals surface area contributed by atoms with E-state index in [1.54, 1.807) is 0 Å². The summed E-state index contributed by atoms with van der Waals surface area (Å²) in [6.45, 7) is 10.1. The fourth-order valence-corrected chi connectivity index (χ4v) is 9.07. The number of aromatic nitrogens is 1. The number of hydrogen-bond donors (Lipinski definition) is 2. The number of anilines is 1.